The van der Waals surface area contributed by atoms with Gasteiger partial charge in [-0.25, -0.2) is 0 Å². The van der Waals surface area contributed by atoms with Crippen molar-refractivity contribution in [1.82, 2.24) is 0 Å². The summed E-state index contributed by atoms with van der Waals surface area (Å²) in [4.78, 5) is 12.7. The molecule has 6 nitrogen and oxygen atoms in total. The van der Waals surface area contributed by atoms with Crippen LogP contribution in [-0.4, -0.2) is 51.5 Å². The molecule has 4 rings (SSSR count). The summed E-state index contributed by atoms with van der Waals surface area (Å²) in [5, 5.41) is -0.228. The van der Waals surface area contributed by atoms with Crippen molar-refractivity contribution in [2.24, 2.45) is 0 Å². The van der Waals surface area contributed by atoms with Gasteiger partial charge in [-0.05, 0) is 24.6 Å². The molecule has 172 valence electrons. The number of thioether (sulfide) groups is 1. The number of rotatable bonds is 2. The molecular formula is C23H34O6SSi. The monoisotopic (exact) mass is 466 g/mol. The van der Waals surface area contributed by atoms with Gasteiger partial charge in [0, 0.05) is 10.1 Å². The third-order valence-electron chi connectivity index (χ3n) is 6.40. The van der Waals surface area contributed by atoms with Crippen molar-refractivity contribution in [2.45, 2.75) is 99.7 Å². The van der Waals surface area contributed by atoms with Crippen molar-refractivity contribution in [1.29, 1.82) is 0 Å². The normalized spacial score (nSPS) is 31.8. The first-order chi connectivity index (χ1) is 14.4. The van der Waals surface area contributed by atoms with Gasteiger partial charge in [-0.2, -0.15) is 0 Å². The van der Waals surface area contributed by atoms with Crippen molar-refractivity contribution in [3.8, 4) is 5.75 Å². The average Bonchev–Trinajstić information content (AvgIpc) is 3.10. The largest absolute Gasteiger partial charge is 0.469 e. The first-order valence-electron chi connectivity index (χ1n) is 10.9. The van der Waals surface area contributed by atoms with Crippen LogP contribution in [0.25, 0.3) is 0 Å². The lowest BCUT2D eigenvalue weighted by atomic mass is 10.0. The molecule has 3 aliphatic heterocycles. The number of carbonyl (C=O) groups excluding carboxylic acids is 1. The molecule has 0 spiro atoms. The van der Waals surface area contributed by atoms with Crippen LogP contribution in [0.2, 0.25) is 10.1 Å². The first kappa shape index (κ1) is 23.1. The maximum atomic E-state index is 11.7. The molecule has 2 fully saturated rings. The molecule has 2 saturated heterocycles. The van der Waals surface area contributed by atoms with E-state index in [0.717, 1.165) is 16.2 Å². The summed E-state index contributed by atoms with van der Waals surface area (Å²) >= 11 is 1.71. The second-order valence-electron chi connectivity index (χ2n) is 10.7. The Bertz CT molecular complexity index is 847. The SMILES string of the molecule is COC(=O)Cc1ccc2c(c1)SC1C(O2)OC(C)C2O[Si](C(C)(C)C)(C(C)(C)C)OC21. The molecular weight excluding hydrogens is 432 g/mol. The van der Waals surface area contributed by atoms with Crippen molar-refractivity contribution in [3.63, 3.8) is 0 Å². The molecule has 1 aromatic rings. The quantitative estimate of drug-likeness (QED) is 0.457. The maximum Gasteiger partial charge on any atom is 0.350 e. The van der Waals surface area contributed by atoms with E-state index in [9.17, 15) is 4.79 Å². The van der Waals surface area contributed by atoms with E-state index in [-0.39, 0.29) is 46.0 Å². The van der Waals surface area contributed by atoms with Gasteiger partial charge in [-0.15, -0.1) is 11.8 Å². The van der Waals surface area contributed by atoms with Gasteiger partial charge in [0.05, 0.1) is 42.0 Å². The van der Waals surface area contributed by atoms with Crippen LogP contribution in [0.1, 0.15) is 54.0 Å². The highest BCUT2D eigenvalue weighted by Crippen LogP contribution is 2.59. The van der Waals surface area contributed by atoms with Crippen LogP contribution in [0.5, 0.6) is 5.75 Å². The third-order valence-corrected chi connectivity index (χ3v) is 12.9. The zero-order valence-corrected chi connectivity index (χ0v) is 21.5. The lowest BCUT2D eigenvalue weighted by Crippen LogP contribution is -2.56. The predicted octanol–water partition coefficient (Wildman–Crippen LogP) is 4.83. The van der Waals surface area contributed by atoms with E-state index in [4.69, 9.17) is 23.1 Å². The number of benzene rings is 1. The summed E-state index contributed by atoms with van der Waals surface area (Å²) in [6, 6.07) is 5.82. The van der Waals surface area contributed by atoms with Crippen LogP contribution in [0.4, 0.5) is 0 Å². The summed E-state index contributed by atoms with van der Waals surface area (Å²) in [6.07, 6.45) is -0.509. The molecule has 0 amide bonds. The maximum absolute atomic E-state index is 11.7. The molecule has 8 heteroatoms. The number of hydrogen-bond acceptors (Lipinski definition) is 7. The van der Waals surface area contributed by atoms with Crippen LogP contribution < -0.4 is 4.74 Å². The van der Waals surface area contributed by atoms with E-state index in [0.29, 0.717) is 0 Å². The van der Waals surface area contributed by atoms with Crippen LogP contribution in [0.3, 0.4) is 0 Å². The Morgan fingerprint density at radius 3 is 2.35 bits per heavy atom. The number of esters is 1. The number of methoxy groups -OCH3 is 1. The Balaban J connectivity index is 1.66. The smallest absolute Gasteiger partial charge is 0.350 e. The third kappa shape index (κ3) is 3.84. The highest BCUT2D eigenvalue weighted by atomic mass is 32.2. The molecule has 0 radical (unpaired) electrons. The second kappa shape index (κ2) is 7.76. The minimum absolute atomic E-state index is 0.0406. The summed E-state index contributed by atoms with van der Waals surface area (Å²) < 4.78 is 31.3. The molecule has 5 atom stereocenters. The fourth-order valence-electron chi connectivity index (χ4n) is 5.10. The number of hydrogen-bond donors (Lipinski definition) is 0. The van der Waals surface area contributed by atoms with E-state index >= 15 is 0 Å². The van der Waals surface area contributed by atoms with E-state index in [1.54, 1.807) is 11.8 Å². The molecule has 0 bridgehead atoms. The van der Waals surface area contributed by atoms with Gasteiger partial charge < -0.3 is 23.1 Å². The van der Waals surface area contributed by atoms with Crippen molar-refractivity contribution < 1.29 is 27.9 Å². The van der Waals surface area contributed by atoms with Crippen molar-refractivity contribution >= 4 is 26.3 Å². The van der Waals surface area contributed by atoms with Crippen LogP contribution in [0, 0.1) is 0 Å². The van der Waals surface area contributed by atoms with E-state index in [1.165, 1.54) is 7.11 Å². The summed E-state index contributed by atoms with van der Waals surface area (Å²) in [5.74, 6) is 0.521. The van der Waals surface area contributed by atoms with Crippen molar-refractivity contribution in [3.05, 3.63) is 23.8 Å². The number of carbonyl (C=O) groups is 1. The topological polar surface area (TPSA) is 63.2 Å². The molecule has 0 N–H and O–H groups in total. The van der Waals surface area contributed by atoms with Crippen LogP contribution >= 0.6 is 11.8 Å². The molecule has 0 saturated carbocycles. The Labute approximate surface area is 190 Å². The van der Waals surface area contributed by atoms with Crippen LogP contribution in [0.15, 0.2) is 23.1 Å². The summed E-state index contributed by atoms with van der Waals surface area (Å²) in [5.41, 5.74) is 0.901. The Kier molecular flexibility index (Phi) is 5.79. The van der Waals surface area contributed by atoms with Gasteiger partial charge in [-0.3, -0.25) is 4.79 Å². The molecule has 31 heavy (non-hydrogen) atoms. The fourth-order valence-corrected chi connectivity index (χ4v) is 11.6. The van der Waals surface area contributed by atoms with Gasteiger partial charge in [-0.1, -0.05) is 47.6 Å². The van der Waals surface area contributed by atoms with Gasteiger partial charge in [0.15, 0.2) is 0 Å². The number of ether oxygens (including phenoxy) is 3. The standard InChI is InChI=1S/C23H34O6SSi/c1-13-18-19(29-31(28-18,22(2,3)4)23(5,6)7)20-21(26-13)27-15-10-9-14(11-16(15)30-20)12-17(24)25-8/h9-11,13,18-21H,12H2,1-8H3. The van der Waals surface area contributed by atoms with Gasteiger partial charge in [0.25, 0.3) is 0 Å². The lowest BCUT2D eigenvalue weighted by Gasteiger charge is -2.46. The first-order valence-corrected chi connectivity index (χ1v) is 13.6. The minimum atomic E-state index is -2.62. The van der Waals surface area contributed by atoms with Gasteiger partial charge in [0.1, 0.15) is 5.75 Å². The number of fused-ring (bicyclic) bond motifs is 4. The zero-order chi connectivity index (χ0) is 22.8. The van der Waals surface area contributed by atoms with E-state index < -0.39 is 14.9 Å². The fraction of sp³-hybridized carbons (Fsp3) is 0.696. The van der Waals surface area contributed by atoms with Gasteiger partial charge in [0.2, 0.25) is 6.29 Å². The lowest BCUT2D eigenvalue weighted by molar-refractivity contribution is -0.187. The Hall–Kier alpha value is -1.06. The highest BCUT2D eigenvalue weighted by Gasteiger charge is 2.68. The molecule has 1 aromatic carbocycles. The highest BCUT2D eigenvalue weighted by molar-refractivity contribution is 8.00. The molecule has 3 aliphatic rings. The minimum Gasteiger partial charge on any atom is -0.469 e. The average molecular weight is 467 g/mol. The van der Waals surface area contributed by atoms with E-state index in [1.807, 2.05) is 18.2 Å². The molecule has 5 unspecified atom stereocenters. The van der Waals surface area contributed by atoms with Crippen LogP contribution in [-0.2, 0) is 29.5 Å². The Morgan fingerprint density at radius 2 is 1.74 bits per heavy atom. The summed E-state index contributed by atoms with van der Waals surface area (Å²) in [6.45, 7) is 15.4. The molecule has 0 aromatic heterocycles. The Morgan fingerprint density at radius 1 is 1.10 bits per heavy atom. The second-order valence-corrected chi connectivity index (χ2v) is 16.6. The summed E-state index contributed by atoms with van der Waals surface area (Å²) in [7, 11) is -1.22. The molecule has 3 heterocycles. The zero-order valence-electron chi connectivity index (χ0n) is 19.7. The molecule has 0 aliphatic carbocycles. The van der Waals surface area contributed by atoms with E-state index in [2.05, 4.69) is 48.5 Å². The van der Waals surface area contributed by atoms with Crippen molar-refractivity contribution in [2.75, 3.05) is 7.11 Å². The van der Waals surface area contributed by atoms with Gasteiger partial charge >= 0.3 is 14.5 Å². The predicted molar refractivity (Wildman–Crippen MR) is 122 cm³/mol.